The van der Waals surface area contributed by atoms with E-state index in [0.29, 0.717) is 12.0 Å². The Bertz CT molecular complexity index is 400. The smallest absolute Gasteiger partial charge is 0.124 e. The maximum Gasteiger partial charge on any atom is 0.124 e. The summed E-state index contributed by atoms with van der Waals surface area (Å²) >= 11 is 0. The highest BCUT2D eigenvalue weighted by atomic mass is 16.5. The van der Waals surface area contributed by atoms with Gasteiger partial charge >= 0.3 is 0 Å². The highest BCUT2D eigenvalue weighted by Gasteiger charge is 2.20. The van der Waals surface area contributed by atoms with Crippen molar-refractivity contribution in [2.45, 2.75) is 45.7 Å². The average molecular weight is 263 g/mol. The van der Waals surface area contributed by atoms with E-state index in [1.54, 1.807) is 7.11 Å². The zero-order valence-corrected chi connectivity index (χ0v) is 12.2. The maximum absolute atomic E-state index is 5.90. The van der Waals surface area contributed by atoms with Crippen LogP contribution in [-0.4, -0.2) is 19.8 Å². The van der Waals surface area contributed by atoms with Crippen LogP contribution in [0, 0.1) is 5.92 Å². The number of rotatable bonds is 8. The first-order chi connectivity index (χ1) is 9.19. The van der Waals surface area contributed by atoms with Gasteiger partial charge in [0.15, 0.2) is 0 Å². The zero-order valence-electron chi connectivity index (χ0n) is 12.2. The Morgan fingerprint density at radius 1 is 1.32 bits per heavy atom. The third-order valence-corrected chi connectivity index (χ3v) is 3.38. The average Bonchev–Trinajstić information content (AvgIpc) is 3.21. The van der Waals surface area contributed by atoms with E-state index in [-0.39, 0.29) is 0 Å². The van der Waals surface area contributed by atoms with Gasteiger partial charge in [-0.3, -0.25) is 0 Å². The molecular weight excluding hydrogens is 238 g/mol. The van der Waals surface area contributed by atoms with Gasteiger partial charge in [0.2, 0.25) is 0 Å². The molecule has 0 unspecified atom stereocenters. The molecule has 3 nitrogen and oxygen atoms in total. The Morgan fingerprint density at radius 3 is 2.74 bits per heavy atom. The summed E-state index contributed by atoms with van der Waals surface area (Å²) in [5.74, 6) is 2.55. The van der Waals surface area contributed by atoms with Crippen LogP contribution in [0.15, 0.2) is 18.2 Å². The SMILES string of the molecule is COc1ccc(OCCC(C)C)c(CNC2CC2)c1. The first-order valence-corrected chi connectivity index (χ1v) is 7.22. The van der Waals surface area contributed by atoms with Crippen LogP contribution in [0.4, 0.5) is 0 Å². The van der Waals surface area contributed by atoms with Gasteiger partial charge in [-0.05, 0) is 43.4 Å². The van der Waals surface area contributed by atoms with E-state index in [0.717, 1.165) is 31.1 Å². The molecular formula is C16H25NO2. The van der Waals surface area contributed by atoms with Crippen LogP contribution in [0.1, 0.15) is 38.7 Å². The van der Waals surface area contributed by atoms with Crippen molar-refractivity contribution in [1.82, 2.24) is 5.32 Å². The summed E-state index contributed by atoms with van der Waals surface area (Å²) < 4.78 is 11.2. The number of benzene rings is 1. The first kappa shape index (κ1) is 14.2. The molecule has 0 saturated heterocycles. The fraction of sp³-hybridized carbons (Fsp3) is 0.625. The molecule has 2 rings (SSSR count). The predicted molar refractivity (Wildman–Crippen MR) is 77.8 cm³/mol. The molecule has 0 radical (unpaired) electrons. The van der Waals surface area contributed by atoms with Gasteiger partial charge in [-0.2, -0.15) is 0 Å². The van der Waals surface area contributed by atoms with E-state index in [1.165, 1.54) is 18.4 Å². The largest absolute Gasteiger partial charge is 0.497 e. The minimum Gasteiger partial charge on any atom is -0.497 e. The lowest BCUT2D eigenvalue weighted by Gasteiger charge is -2.14. The van der Waals surface area contributed by atoms with Crippen molar-refractivity contribution < 1.29 is 9.47 Å². The van der Waals surface area contributed by atoms with Crippen molar-refractivity contribution >= 4 is 0 Å². The van der Waals surface area contributed by atoms with Crippen molar-refractivity contribution in [3.8, 4) is 11.5 Å². The lowest BCUT2D eigenvalue weighted by molar-refractivity contribution is 0.285. The fourth-order valence-electron chi connectivity index (χ4n) is 1.91. The van der Waals surface area contributed by atoms with Crippen LogP contribution < -0.4 is 14.8 Å². The Morgan fingerprint density at radius 2 is 2.11 bits per heavy atom. The Kier molecular flexibility index (Phi) is 5.08. The van der Waals surface area contributed by atoms with Crippen LogP contribution in [0.2, 0.25) is 0 Å². The van der Waals surface area contributed by atoms with Crippen LogP contribution in [0.25, 0.3) is 0 Å². The summed E-state index contributed by atoms with van der Waals surface area (Å²) in [7, 11) is 1.70. The second-order valence-corrected chi connectivity index (χ2v) is 5.66. The molecule has 0 aliphatic heterocycles. The van der Waals surface area contributed by atoms with E-state index in [2.05, 4.69) is 25.2 Å². The second kappa shape index (κ2) is 6.80. The minimum atomic E-state index is 0.672. The Hall–Kier alpha value is -1.22. The predicted octanol–water partition coefficient (Wildman–Crippen LogP) is 3.37. The third kappa shape index (κ3) is 4.75. The summed E-state index contributed by atoms with van der Waals surface area (Å²) in [5.41, 5.74) is 1.19. The third-order valence-electron chi connectivity index (χ3n) is 3.38. The lowest BCUT2D eigenvalue weighted by Crippen LogP contribution is -2.16. The number of ether oxygens (including phenoxy) is 2. The van der Waals surface area contributed by atoms with Gasteiger partial charge in [0, 0.05) is 18.2 Å². The van der Waals surface area contributed by atoms with Crippen molar-refractivity contribution in [1.29, 1.82) is 0 Å². The molecule has 0 amide bonds. The zero-order chi connectivity index (χ0) is 13.7. The molecule has 0 aromatic heterocycles. The molecule has 0 spiro atoms. The van der Waals surface area contributed by atoms with Gasteiger partial charge in [0.1, 0.15) is 11.5 Å². The molecule has 106 valence electrons. The van der Waals surface area contributed by atoms with Gasteiger partial charge in [-0.15, -0.1) is 0 Å². The molecule has 1 N–H and O–H groups in total. The van der Waals surface area contributed by atoms with Gasteiger partial charge in [-0.25, -0.2) is 0 Å². The molecule has 0 bridgehead atoms. The second-order valence-electron chi connectivity index (χ2n) is 5.66. The van der Waals surface area contributed by atoms with Crippen LogP contribution in [0.5, 0.6) is 11.5 Å². The molecule has 1 aromatic carbocycles. The monoisotopic (exact) mass is 263 g/mol. The van der Waals surface area contributed by atoms with Crippen LogP contribution in [-0.2, 0) is 6.54 Å². The summed E-state index contributed by atoms with van der Waals surface area (Å²) in [6, 6.07) is 6.75. The maximum atomic E-state index is 5.90. The number of nitrogens with one attached hydrogen (secondary N) is 1. The molecule has 1 aliphatic carbocycles. The fourth-order valence-corrected chi connectivity index (χ4v) is 1.91. The topological polar surface area (TPSA) is 30.5 Å². The van der Waals surface area contributed by atoms with Crippen molar-refractivity contribution in [2.75, 3.05) is 13.7 Å². The van der Waals surface area contributed by atoms with Gasteiger partial charge < -0.3 is 14.8 Å². The standard InChI is InChI=1S/C16H25NO2/c1-12(2)8-9-19-16-7-6-15(18-3)10-13(16)11-17-14-4-5-14/h6-7,10,12,14,17H,4-5,8-9,11H2,1-3H3. The highest BCUT2D eigenvalue weighted by Crippen LogP contribution is 2.26. The molecule has 0 heterocycles. The summed E-state index contributed by atoms with van der Waals surface area (Å²) in [6.07, 6.45) is 3.68. The van der Waals surface area contributed by atoms with E-state index < -0.39 is 0 Å². The van der Waals surface area contributed by atoms with E-state index >= 15 is 0 Å². The van der Waals surface area contributed by atoms with Gasteiger partial charge in [0.25, 0.3) is 0 Å². The normalized spacial score (nSPS) is 14.7. The Labute approximate surface area is 116 Å². The summed E-state index contributed by atoms with van der Waals surface area (Å²) in [4.78, 5) is 0. The molecule has 1 fully saturated rings. The number of hydrogen-bond acceptors (Lipinski definition) is 3. The Balaban J connectivity index is 1.97. The van der Waals surface area contributed by atoms with E-state index in [4.69, 9.17) is 9.47 Å². The molecule has 1 aromatic rings. The molecule has 19 heavy (non-hydrogen) atoms. The summed E-state index contributed by atoms with van der Waals surface area (Å²) in [6.45, 7) is 6.07. The first-order valence-electron chi connectivity index (χ1n) is 7.22. The quantitative estimate of drug-likeness (QED) is 0.780. The van der Waals surface area contributed by atoms with Crippen molar-refractivity contribution in [2.24, 2.45) is 5.92 Å². The molecule has 3 heteroatoms. The highest BCUT2D eigenvalue weighted by molar-refractivity contribution is 5.40. The molecule has 0 atom stereocenters. The number of methoxy groups -OCH3 is 1. The van der Waals surface area contributed by atoms with Gasteiger partial charge in [0.05, 0.1) is 13.7 Å². The lowest BCUT2D eigenvalue weighted by atomic mass is 10.1. The van der Waals surface area contributed by atoms with Gasteiger partial charge in [-0.1, -0.05) is 13.8 Å². The molecule has 1 saturated carbocycles. The molecule has 1 aliphatic rings. The van der Waals surface area contributed by atoms with Crippen molar-refractivity contribution in [3.63, 3.8) is 0 Å². The van der Waals surface area contributed by atoms with Crippen LogP contribution >= 0.6 is 0 Å². The summed E-state index contributed by atoms with van der Waals surface area (Å²) in [5, 5.41) is 3.53. The minimum absolute atomic E-state index is 0.672. The van der Waals surface area contributed by atoms with Crippen molar-refractivity contribution in [3.05, 3.63) is 23.8 Å². The van der Waals surface area contributed by atoms with E-state index in [1.807, 2.05) is 12.1 Å². The van der Waals surface area contributed by atoms with E-state index in [9.17, 15) is 0 Å². The van der Waals surface area contributed by atoms with Crippen LogP contribution in [0.3, 0.4) is 0 Å². The number of hydrogen-bond donors (Lipinski definition) is 1.